The van der Waals surface area contributed by atoms with E-state index in [1.54, 1.807) is 0 Å². The van der Waals surface area contributed by atoms with Crippen molar-refractivity contribution in [2.24, 2.45) is 0 Å². The minimum Gasteiger partial charge on any atom is -0.317 e. The summed E-state index contributed by atoms with van der Waals surface area (Å²) < 4.78 is 47.8. The Labute approximate surface area is 48.0 Å². The van der Waals surface area contributed by atoms with Crippen molar-refractivity contribution in [2.75, 3.05) is 7.11 Å². The van der Waals surface area contributed by atoms with E-state index in [0.717, 1.165) is 0 Å². The molecule has 0 heterocycles. The van der Waals surface area contributed by atoms with E-state index in [9.17, 15) is 17.6 Å². The van der Waals surface area contributed by atoms with Crippen molar-refractivity contribution >= 4 is 0 Å². The van der Waals surface area contributed by atoms with E-state index < -0.39 is 12.2 Å². The molecule has 0 unspecified atom stereocenters. The lowest BCUT2D eigenvalue weighted by Crippen LogP contribution is -2.40. The van der Waals surface area contributed by atoms with Gasteiger partial charge in [0.25, 0.3) is 0 Å². The zero-order valence-corrected chi connectivity index (χ0v) is 4.33. The third-order valence-corrected chi connectivity index (χ3v) is 0.595. The number of rotatable bonds is 2. The van der Waals surface area contributed by atoms with Crippen molar-refractivity contribution in [3.63, 3.8) is 0 Å². The fraction of sp³-hybridized carbons (Fsp3) is 1.00. The van der Waals surface area contributed by atoms with E-state index in [-0.39, 0.29) is 0 Å². The second-order valence-electron chi connectivity index (χ2n) is 1.24. The summed E-state index contributed by atoms with van der Waals surface area (Å²) in [6, 6.07) is 0. The van der Waals surface area contributed by atoms with E-state index in [1.807, 2.05) is 0 Å². The first-order valence-corrected chi connectivity index (χ1v) is 1.82. The first kappa shape index (κ1) is 8.64. The van der Waals surface area contributed by atoms with E-state index in [1.165, 1.54) is 0 Å². The highest BCUT2D eigenvalue weighted by atomic mass is 19.3. The molecule has 0 aromatic heterocycles. The molecule has 0 amide bonds. The van der Waals surface area contributed by atoms with Gasteiger partial charge >= 0.3 is 12.2 Å². The van der Waals surface area contributed by atoms with Crippen LogP contribution in [-0.4, -0.2) is 19.3 Å². The van der Waals surface area contributed by atoms with Gasteiger partial charge in [0.2, 0.25) is 0 Å². The summed E-state index contributed by atoms with van der Waals surface area (Å²) in [7, 11) is 0.325. The molecular weight excluding hydrogens is 144 g/mol. The third kappa shape index (κ3) is 1.79. The van der Waals surface area contributed by atoms with Crippen LogP contribution in [0.5, 0.6) is 0 Å². The lowest BCUT2D eigenvalue weighted by Gasteiger charge is -2.16. The van der Waals surface area contributed by atoms with Crippen LogP contribution in [0, 0.1) is 0 Å². The molecule has 0 aromatic rings. The van der Waals surface area contributed by atoms with Gasteiger partial charge in [-0.2, -0.15) is 17.6 Å². The molecule has 1 radical (unpaired) electrons. The van der Waals surface area contributed by atoms with Gasteiger partial charge < -0.3 is 4.74 Å². The molecule has 2 nitrogen and oxygen atoms in total. The molecule has 0 aliphatic carbocycles. The van der Waals surface area contributed by atoms with Crippen LogP contribution in [0.3, 0.4) is 0 Å². The third-order valence-electron chi connectivity index (χ3n) is 0.595. The molecule has 0 aliphatic heterocycles. The topological polar surface area (TPSA) is 29.1 Å². The van der Waals surface area contributed by atoms with Crippen molar-refractivity contribution in [3.8, 4) is 0 Å². The van der Waals surface area contributed by atoms with Crippen LogP contribution in [0.4, 0.5) is 17.6 Å². The van der Waals surface area contributed by atoms with Crippen LogP contribution in [-0.2, 0) is 9.84 Å². The van der Waals surface area contributed by atoms with E-state index in [0.29, 0.717) is 7.11 Å². The van der Waals surface area contributed by atoms with Crippen LogP contribution >= 0.6 is 0 Å². The Bertz CT molecular complexity index is 96.5. The van der Waals surface area contributed by atoms with Crippen molar-refractivity contribution < 1.29 is 27.4 Å². The van der Waals surface area contributed by atoms with Crippen molar-refractivity contribution in [3.05, 3.63) is 0 Å². The van der Waals surface area contributed by atoms with Crippen LogP contribution in [0.15, 0.2) is 0 Å². The minimum atomic E-state index is -5.36. The van der Waals surface area contributed by atoms with Gasteiger partial charge in [-0.3, -0.25) is 0 Å². The summed E-state index contributed by atoms with van der Waals surface area (Å²) in [6.07, 6.45) is -10.3. The van der Waals surface area contributed by atoms with Gasteiger partial charge in [-0.25, -0.2) is 0 Å². The number of halogens is 4. The lowest BCUT2D eigenvalue weighted by molar-refractivity contribution is -0.430. The van der Waals surface area contributed by atoms with Gasteiger partial charge in [0.15, 0.2) is 0 Å². The molecule has 0 aliphatic rings. The second kappa shape index (κ2) is 2.11. The fourth-order valence-electron chi connectivity index (χ4n) is 0.119. The van der Waals surface area contributed by atoms with Crippen molar-refractivity contribution in [1.29, 1.82) is 0 Å². The maximum atomic E-state index is 11.4. The predicted octanol–water partition coefficient (Wildman–Crippen LogP) is 1.25. The summed E-state index contributed by atoms with van der Waals surface area (Å²) in [5.74, 6) is 0. The highest BCUT2D eigenvalue weighted by Crippen LogP contribution is 2.32. The van der Waals surface area contributed by atoms with Crippen LogP contribution < -0.4 is 0 Å². The normalized spacial score (nSPS) is 14.0. The fourth-order valence-corrected chi connectivity index (χ4v) is 0.119. The van der Waals surface area contributed by atoms with Crippen LogP contribution in [0.2, 0.25) is 0 Å². The number of ether oxygens (including phenoxy) is 1. The minimum absolute atomic E-state index is 0.325. The van der Waals surface area contributed by atoms with Gasteiger partial charge in [-0.05, 0) is 0 Å². The highest BCUT2D eigenvalue weighted by molar-refractivity contribution is 4.60. The zero-order chi connectivity index (χ0) is 7.71. The quantitative estimate of drug-likeness (QED) is 0.540. The second-order valence-corrected chi connectivity index (χ2v) is 1.24. The lowest BCUT2D eigenvalue weighted by atomic mass is 10.6. The smallest absolute Gasteiger partial charge is 0.317 e. The van der Waals surface area contributed by atoms with Gasteiger partial charge in [0, 0.05) is 7.11 Å². The van der Waals surface area contributed by atoms with Gasteiger partial charge in [0.1, 0.15) is 0 Å². The average Bonchev–Trinajstić information content (AvgIpc) is 1.64. The molecule has 0 saturated carbocycles. The first-order chi connectivity index (χ1) is 3.81. The SMILES string of the molecule is COC(F)(F)C([O])(F)F. The molecule has 0 spiro atoms. The monoisotopic (exact) mass is 147 g/mol. The molecule has 6 heteroatoms. The summed E-state index contributed by atoms with van der Waals surface area (Å²) in [4.78, 5) is 0. The molecule has 0 bridgehead atoms. The van der Waals surface area contributed by atoms with Crippen LogP contribution in [0.1, 0.15) is 0 Å². The van der Waals surface area contributed by atoms with Gasteiger partial charge in [-0.15, -0.1) is 5.11 Å². The molecular formula is C3H3F4O2. The predicted molar refractivity (Wildman–Crippen MR) is 17.6 cm³/mol. The Hall–Kier alpha value is -0.360. The molecule has 0 aromatic carbocycles. The van der Waals surface area contributed by atoms with Crippen LogP contribution in [0.25, 0.3) is 0 Å². The molecule has 55 valence electrons. The molecule has 0 atom stereocenters. The largest absolute Gasteiger partial charge is 0.474 e. The van der Waals surface area contributed by atoms with E-state index in [4.69, 9.17) is 5.11 Å². The van der Waals surface area contributed by atoms with E-state index >= 15 is 0 Å². The molecule has 0 saturated heterocycles. The average molecular weight is 147 g/mol. The van der Waals surface area contributed by atoms with Gasteiger partial charge in [-0.1, -0.05) is 0 Å². The summed E-state index contributed by atoms with van der Waals surface area (Å²) in [5.41, 5.74) is 0. The van der Waals surface area contributed by atoms with Crippen molar-refractivity contribution in [2.45, 2.75) is 12.2 Å². The van der Waals surface area contributed by atoms with E-state index in [2.05, 4.69) is 4.74 Å². The highest BCUT2D eigenvalue weighted by Gasteiger charge is 2.58. The number of alkyl halides is 4. The Morgan fingerprint density at radius 1 is 1.22 bits per heavy atom. The molecule has 0 rings (SSSR count). The summed E-state index contributed by atoms with van der Waals surface area (Å²) in [5, 5.41) is 9.15. The standard InChI is InChI=1S/C3H3F4O2/c1-9-3(6,7)2(4,5)8/h1H3. The zero-order valence-electron chi connectivity index (χ0n) is 4.33. The Balaban J connectivity index is 4.14. The number of methoxy groups -OCH3 is 1. The Kier molecular flexibility index (Phi) is 2.02. The number of hydrogen-bond acceptors (Lipinski definition) is 1. The maximum absolute atomic E-state index is 11.4. The molecule has 9 heavy (non-hydrogen) atoms. The maximum Gasteiger partial charge on any atom is 0.474 e. The Morgan fingerprint density at radius 3 is 1.56 bits per heavy atom. The van der Waals surface area contributed by atoms with Crippen molar-refractivity contribution in [1.82, 2.24) is 0 Å². The number of hydrogen-bond donors (Lipinski definition) is 0. The summed E-state index contributed by atoms with van der Waals surface area (Å²) >= 11 is 0. The summed E-state index contributed by atoms with van der Waals surface area (Å²) in [6.45, 7) is 0. The molecule has 0 fully saturated rings. The molecule has 0 N–H and O–H groups in total. The Morgan fingerprint density at radius 2 is 1.56 bits per heavy atom. The first-order valence-electron chi connectivity index (χ1n) is 1.82. The van der Waals surface area contributed by atoms with Gasteiger partial charge in [0.05, 0.1) is 0 Å².